The van der Waals surface area contributed by atoms with Crippen molar-refractivity contribution in [3.05, 3.63) is 29.6 Å². The van der Waals surface area contributed by atoms with E-state index < -0.39 is 11.7 Å². The Bertz CT molecular complexity index is 425. The van der Waals surface area contributed by atoms with Crippen molar-refractivity contribution >= 4 is 21.8 Å². The quantitative estimate of drug-likeness (QED) is 0.819. The first-order valence-corrected chi connectivity index (χ1v) is 6.97. The highest BCUT2D eigenvalue weighted by atomic mass is 79.9. The first kappa shape index (κ1) is 15.0. The third-order valence-electron chi connectivity index (χ3n) is 3.19. The molecule has 1 aromatic rings. The molecule has 0 aliphatic heterocycles. The van der Waals surface area contributed by atoms with E-state index >= 15 is 0 Å². The van der Waals surface area contributed by atoms with Crippen molar-refractivity contribution in [2.24, 2.45) is 0 Å². The average Bonchev–Trinajstić information content (AvgIpc) is 2.38. The van der Waals surface area contributed by atoms with Crippen molar-refractivity contribution in [2.75, 3.05) is 5.33 Å². The molecule has 0 fully saturated rings. The maximum absolute atomic E-state index is 13.1. The largest absolute Gasteiger partial charge is 0.507 e. The normalized spacial score (nSPS) is 11.3. The number of hydrogen-bond donors (Lipinski definition) is 2. The highest BCUT2D eigenvalue weighted by Crippen LogP contribution is 2.22. The lowest BCUT2D eigenvalue weighted by atomic mass is 9.95. The second kappa shape index (κ2) is 6.18. The van der Waals surface area contributed by atoms with Gasteiger partial charge in [0.2, 0.25) is 0 Å². The van der Waals surface area contributed by atoms with Crippen LogP contribution < -0.4 is 5.32 Å². The van der Waals surface area contributed by atoms with Crippen LogP contribution in [-0.4, -0.2) is 21.9 Å². The number of nitrogens with one attached hydrogen (secondary N) is 1. The third kappa shape index (κ3) is 3.22. The van der Waals surface area contributed by atoms with Gasteiger partial charge in [-0.15, -0.1) is 0 Å². The van der Waals surface area contributed by atoms with Crippen molar-refractivity contribution in [3.63, 3.8) is 0 Å². The zero-order valence-electron chi connectivity index (χ0n) is 10.5. The van der Waals surface area contributed by atoms with E-state index in [1.165, 1.54) is 6.07 Å². The van der Waals surface area contributed by atoms with Crippen molar-refractivity contribution in [2.45, 2.75) is 32.2 Å². The Kier molecular flexibility index (Phi) is 5.14. The summed E-state index contributed by atoms with van der Waals surface area (Å²) >= 11 is 3.38. The topological polar surface area (TPSA) is 49.3 Å². The summed E-state index contributed by atoms with van der Waals surface area (Å²) in [6, 6.07) is 3.33. The number of rotatable bonds is 5. The maximum atomic E-state index is 13.1. The van der Waals surface area contributed by atoms with Crippen LogP contribution in [0.3, 0.4) is 0 Å². The molecule has 3 nitrogen and oxygen atoms in total. The molecule has 0 atom stereocenters. The van der Waals surface area contributed by atoms with Gasteiger partial charge in [0.05, 0.1) is 5.56 Å². The smallest absolute Gasteiger partial charge is 0.255 e. The summed E-state index contributed by atoms with van der Waals surface area (Å²) in [5.41, 5.74) is -0.419. The van der Waals surface area contributed by atoms with E-state index in [0.29, 0.717) is 5.33 Å². The Balaban J connectivity index is 2.97. The molecule has 1 aromatic carbocycles. The number of halogens is 2. The summed E-state index contributed by atoms with van der Waals surface area (Å²) in [6.45, 7) is 3.94. The van der Waals surface area contributed by atoms with Crippen LogP contribution in [0.4, 0.5) is 4.39 Å². The molecular weight excluding hydrogens is 301 g/mol. The molecule has 0 aliphatic carbocycles. The summed E-state index contributed by atoms with van der Waals surface area (Å²) in [5, 5.41) is 13.0. The lowest BCUT2D eigenvalue weighted by Crippen LogP contribution is -2.49. The number of aromatic hydroxyl groups is 1. The van der Waals surface area contributed by atoms with Crippen LogP contribution in [0.15, 0.2) is 18.2 Å². The van der Waals surface area contributed by atoms with Crippen molar-refractivity contribution in [1.29, 1.82) is 0 Å². The minimum Gasteiger partial charge on any atom is -0.507 e. The van der Waals surface area contributed by atoms with Crippen LogP contribution in [0.1, 0.15) is 37.0 Å². The number of carbonyl (C=O) groups is 1. The van der Waals surface area contributed by atoms with Gasteiger partial charge >= 0.3 is 0 Å². The summed E-state index contributed by atoms with van der Waals surface area (Å²) in [7, 11) is 0. The fourth-order valence-corrected chi connectivity index (χ4v) is 2.58. The van der Waals surface area contributed by atoms with Crippen LogP contribution in [0.25, 0.3) is 0 Å². The lowest BCUT2D eigenvalue weighted by Gasteiger charge is -2.31. The van der Waals surface area contributed by atoms with E-state index in [1.807, 2.05) is 13.8 Å². The number of amides is 1. The molecule has 5 heteroatoms. The van der Waals surface area contributed by atoms with Gasteiger partial charge in [-0.1, -0.05) is 29.8 Å². The molecule has 1 rings (SSSR count). The van der Waals surface area contributed by atoms with E-state index in [2.05, 4.69) is 21.2 Å². The van der Waals surface area contributed by atoms with Crippen LogP contribution in [-0.2, 0) is 0 Å². The predicted octanol–water partition coefficient (Wildman–Crippen LogP) is 3.21. The van der Waals surface area contributed by atoms with E-state index in [9.17, 15) is 14.3 Å². The Morgan fingerprint density at radius 1 is 1.44 bits per heavy atom. The van der Waals surface area contributed by atoms with Gasteiger partial charge < -0.3 is 10.4 Å². The second-order valence-electron chi connectivity index (χ2n) is 4.24. The Morgan fingerprint density at radius 2 is 2.06 bits per heavy atom. The van der Waals surface area contributed by atoms with Crippen LogP contribution in [0.5, 0.6) is 5.75 Å². The maximum Gasteiger partial charge on any atom is 0.255 e. The number of benzene rings is 1. The van der Waals surface area contributed by atoms with Crippen molar-refractivity contribution in [1.82, 2.24) is 5.32 Å². The van der Waals surface area contributed by atoms with Gasteiger partial charge in [-0.2, -0.15) is 0 Å². The molecule has 0 aliphatic rings. The summed E-state index contributed by atoms with van der Waals surface area (Å²) < 4.78 is 13.1. The van der Waals surface area contributed by atoms with Gasteiger partial charge in [0, 0.05) is 10.9 Å². The highest BCUT2D eigenvalue weighted by molar-refractivity contribution is 9.09. The number of phenols is 1. The molecule has 0 radical (unpaired) electrons. The number of alkyl halides is 1. The summed E-state index contributed by atoms with van der Waals surface area (Å²) in [5.74, 6) is -1.23. The molecule has 0 saturated heterocycles. The van der Waals surface area contributed by atoms with Crippen molar-refractivity contribution in [3.8, 4) is 5.75 Å². The third-order valence-corrected chi connectivity index (χ3v) is 4.26. The first-order chi connectivity index (χ1) is 8.48. The second-order valence-corrected chi connectivity index (χ2v) is 4.80. The van der Waals surface area contributed by atoms with Crippen LogP contribution in [0.2, 0.25) is 0 Å². The minimum absolute atomic E-state index is 0.0396. The van der Waals surface area contributed by atoms with Gasteiger partial charge in [-0.25, -0.2) is 4.39 Å². The molecule has 0 aromatic heterocycles. The van der Waals surface area contributed by atoms with Gasteiger partial charge in [-0.3, -0.25) is 4.79 Å². The fraction of sp³-hybridized carbons (Fsp3) is 0.462. The van der Waals surface area contributed by atoms with E-state index in [1.54, 1.807) is 0 Å². The van der Waals surface area contributed by atoms with Gasteiger partial charge in [0.15, 0.2) is 0 Å². The zero-order valence-corrected chi connectivity index (χ0v) is 12.1. The monoisotopic (exact) mass is 317 g/mol. The summed E-state index contributed by atoms with van der Waals surface area (Å²) in [6.07, 6.45) is 1.49. The fourth-order valence-electron chi connectivity index (χ4n) is 1.65. The summed E-state index contributed by atoms with van der Waals surface area (Å²) in [4.78, 5) is 12.1. The molecular formula is C13H17BrFNO2. The van der Waals surface area contributed by atoms with E-state index in [0.717, 1.165) is 25.0 Å². The number of carbonyl (C=O) groups excluding carboxylic acids is 1. The Morgan fingerprint density at radius 3 is 2.56 bits per heavy atom. The molecule has 0 heterocycles. The van der Waals surface area contributed by atoms with Crippen LogP contribution in [0, 0.1) is 5.82 Å². The van der Waals surface area contributed by atoms with Crippen LogP contribution >= 0.6 is 15.9 Å². The minimum atomic E-state index is -0.546. The Hall–Kier alpha value is -1.10. The molecule has 1 amide bonds. The van der Waals surface area contributed by atoms with Gasteiger partial charge in [0.25, 0.3) is 5.91 Å². The Labute approximate surface area is 115 Å². The van der Waals surface area contributed by atoms with Gasteiger partial charge in [0.1, 0.15) is 11.6 Å². The van der Waals surface area contributed by atoms with Gasteiger partial charge in [-0.05, 0) is 31.0 Å². The molecule has 2 N–H and O–H groups in total. The van der Waals surface area contributed by atoms with E-state index in [-0.39, 0.29) is 16.9 Å². The lowest BCUT2D eigenvalue weighted by molar-refractivity contribution is 0.0900. The molecule has 100 valence electrons. The SMILES string of the molecule is CCC(CC)(CBr)NC(=O)c1cc(F)ccc1O. The molecule has 0 unspecified atom stereocenters. The standard InChI is InChI=1S/C13H17BrFNO2/c1-3-13(4-2,8-14)16-12(18)10-7-9(15)5-6-11(10)17/h5-7,17H,3-4,8H2,1-2H3,(H,16,18). The first-order valence-electron chi connectivity index (χ1n) is 5.85. The number of hydrogen-bond acceptors (Lipinski definition) is 2. The zero-order chi connectivity index (χ0) is 13.8. The average molecular weight is 318 g/mol. The molecule has 0 spiro atoms. The number of phenolic OH excluding ortho intramolecular Hbond substituents is 1. The predicted molar refractivity (Wildman–Crippen MR) is 72.6 cm³/mol. The van der Waals surface area contributed by atoms with E-state index in [4.69, 9.17) is 0 Å². The molecule has 18 heavy (non-hydrogen) atoms. The molecule has 0 bridgehead atoms. The highest BCUT2D eigenvalue weighted by Gasteiger charge is 2.28. The van der Waals surface area contributed by atoms with Crippen molar-refractivity contribution < 1.29 is 14.3 Å². The molecule has 0 saturated carbocycles.